The first-order chi connectivity index (χ1) is 20.4. The molecule has 0 bridgehead atoms. The van der Waals surface area contributed by atoms with E-state index in [2.05, 4.69) is 15.3 Å². The summed E-state index contributed by atoms with van der Waals surface area (Å²) in [4.78, 5) is 31.1. The minimum Gasteiger partial charge on any atom is -0.495 e. The second-order valence-electron chi connectivity index (χ2n) is 10.0. The summed E-state index contributed by atoms with van der Waals surface area (Å²) in [5.41, 5.74) is 2.07. The predicted molar refractivity (Wildman–Crippen MR) is 159 cm³/mol. The zero-order valence-electron chi connectivity index (χ0n) is 23.3. The molecule has 5 rings (SSSR count). The number of hydrogen-bond acceptors (Lipinski definition) is 6. The number of halogens is 2. The van der Waals surface area contributed by atoms with Gasteiger partial charge in [0.05, 0.1) is 37.8 Å². The highest BCUT2D eigenvalue weighted by Gasteiger charge is 2.36. The van der Waals surface area contributed by atoms with Crippen LogP contribution in [0.2, 0.25) is 5.02 Å². The van der Waals surface area contributed by atoms with Crippen LogP contribution in [0.5, 0.6) is 5.75 Å². The third-order valence-corrected chi connectivity index (χ3v) is 7.70. The molecule has 1 fully saturated rings. The molecule has 2 aliphatic heterocycles. The topological polar surface area (TPSA) is 86.7 Å². The molecule has 3 aromatic carbocycles. The normalized spacial score (nSPS) is 17.1. The number of hydrazone groups is 1. The first-order valence-corrected chi connectivity index (χ1v) is 14.2. The molecule has 220 valence electrons. The number of morpholine rings is 1. The lowest BCUT2D eigenvalue weighted by Crippen LogP contribution is -2.47. The van der Waals surface area contributed by atoms with Gasteiger partial charge in [-0.25, -0.2) is 14.2 Å². The van der Waals surface area contributed by atoms with Crippen LogP contribution in [0.4, 0.5) is 14.9 Å². The van der Waals surface area contributed by atoms with Crippen molar-refractivity contribution in [3.05, 3.63) is 94.8 Å². The molecule has 3 amide bonds. The quantitative estimate of drug-likeness (QED) is 0.376. The van der Waals surface area contributed by atoms with Crippen LogP contribution in [0.25, 0.3) is 0 Å². The van der Waals surface area contributed by atoms with E-state index in [1.807, 2.05) is 18.2 Å². The SMILES string of the molecule is COc1ccccc1NC(=O)N(CCN1CCOCC1)CC(=O)N1N=C(c2ccccc2Cl)C[C@H]1c1ccccc1F. The Bertz CT molecular complexity index is 1450. The minimum atomic E-state index is -0.691. The number of anilines is 1. The summed E-state index contributed by atoms with van der Waals surface area (Å²) >= 11 is 6.46. The fraction of sp³-hybridized carbons (Fsp3) is 0.323. The molecule has 1 saturated heterocycles. The van der Waals surface area contributed by atoms with Crippen molar-refractivity contribution < 1.29 is 23.5 Å². The molecule has 2 aliphatic rings. The molecule has 3 aromatic rings. The van der Waals surface area contributed by atoms with Crippen molar-refractivity contribution in [3.8, 4) is 5.75 Å². The molecule has 1 N–H and O–H groups in total. The summed E-state index contributed by atoms with van der Waals surface area (Å²) in [6.45, 7) is 3.28. The number of para-hydroxylation sites is 2. The predicted octanol–water partition coefficient (Wildman–Crippen LogP) is 5.03. The van der Waals surface area contributed by atoms with Gasteiger partial charge in [0.15, 0.2) is 0 Å². The first kappa shape index (κ1) is 29.5. The molecular formula is C31H33ClFN5O4. The van der Waals surface area contributed by atoms with Gasteiger partial charge in [0.25, 0.3) is 5.91 Å². The van der Waals surface area contributed by atoms with Crippen LogP contribution in [-0.4, -0.2) is 85.5 Å². The van der Waals surface area contributed by atoms with Crippen LogP contribution in [-0.2, 0) is 9.53 Å². The summed E-state index contributed by atoms with van der Waals surface area (Å²) < 4.78 is 25.8. The van der Waals surface area contributed by atoms with E-state index in [0.717, 1.165) is 13.1 Å². The monoisotopic (exact) mass is 593 g/mol. The van der Waals surface area contributed by atoms with Gasteiger partial charge in [-0.15, -0.1) is 0 Å². The largest absolute Gasteiger partial charge is 0.495 e. The van der Waals surface area contributed by atoms with Gasteiger partial charge in [-0.2, -0.15) is 5.10 Å². The number of methoxy groups -OCH3 is 1. The molecule has 0 saturated carbocycles. The van der Waals surface area contributed by atoms with Crippen molar-refractivity contribution in [2.45, 2.75) is 12.5 Å². The van der Waals surface area contributed by atoms with Gasteiger partial charge in [-0.1, -0.05) is 60.1 Å². The summed E-state index contributed by atoms with van der Waals surface area (Å²) in [5, 5.41) is 9.28. The lowest BCUT2D eigenvalue weighted by molar-refractivity contribution is -0.133. The number of hydrogen-bond donors (Lipinski definition) is 1. The second-order valence-corrected chi connectivity index (χ2v) is 10.4. The molecule has 0 unspecified atom stereocenters. The highest BCUT2D eigenvalue weighted by atomic mass is 35.5. The van der Waals surface area contributed by atoms with Gasteiger partial charge >= 0.3 is 6.03 Å². The Labute approximate surface area is 249 Å². The van der Waals surface area contributed by atoms with E-state index in [1.54, 1.807) is 48.5 Å². The summed E-state index contributed by atoms with van der Waals surface area (Å²) in [5.74, 6) is -0.380. The number of carbonyl (C=O) groups excluding carboxylic acids is 2. The second kappa shape index (κ2) is 13.8. The van der Waals surface area contributed by atoms with Gasteiger partial charge in [-0.3, -0.25) is 9.69 Å². The Morgan fingerprint density at radius 2 is 1.79 bits per heavy atom. The first-order valence-electron chi connectivity index (χ1n) is 13.8. The minimum absolute atomic E-state index is 0.268. The highest BCUT2D eigenvalue weighted by molar-refractivity contribution is 6.34. The van der Waals surface area contributed by atoms with Crippen molar-refractivity contribution in [2.24, 2.45) is 5.10 Å². The zero-order valence-corrected chi connectivity index (χ0v) is 24.1. The number of nitrogens with one attached hydrogen (secondary N) is 1. The van der Waals surface area contributed by atoms with E-state index >= 15 is 4.39 Å². The molecule has 0 aromatic heterocycles. The summed E-state index contributed by atoms with van der Waals surface area (Å²) in [7, 11) is 1.52. The Balaban J connectivity index is 1.41. The van der Waals surface area contributed by atoms with Crippen molar-refractivity contribution in [1.29, 1.82) is 0 Å². The van der Waals surface area contributed by atoms with Crippen LogP contribution < -0.4 is 10.1 Å². The Morgan fingerprint density at radius 1 is 1.07 bits per heavy atom. The Hall–Kier alpha value is -3.99. The van der Waals surface area contributed by atoms with E-state index in [0.29, 0.717) is 53.1 Å². The van der Waals surface area contributed by atoms with E-state index < -0.39 is 23.8 Å². The van der Waals surface area contributed by atoms with Gasteiger partial charge < -0.3 is 19.7 Å². The number of rotatable bonds is 9. The number of ether oxygens (including phenoxy) is 2. The fourth-order valence-corrected chi connectivity index (χ4v) is 5.35. The van der Waals surface area contributed by atoms with Gasteiger partial charge in [0.2, 0.25) is 0 Å². The highest BCUT2D eigenvalue weighted by Crippen LogP contribution is 2.35. The molecule has 0 aliphatic carbocycles. The Morgan fingerprint density at radius 3 is 2.55 bits per heavy atom. The third kappa shape index (κ3) is 6.89. The van der Waals surface area contributed by atoms with E-state index in [4.69, 9.17) is 21.1 Å². The van der Waals surface area contributed by atoms with Crippen LogP contribution >= 0.6 is 11.6 Å². The third-order valence-electron chi connectivity index (χ3n) is 7.37. The molecule has 9 nitrogen and oxygen atoms in total. The van der Waals surface area contributed by atoms with Crippen molar-refractivity contribution in [2.75, 3.05) is 58.4 Å². The van der Waals surface area contributed by atoms with Gasteiger partial charge in [-0.05, 0) is 24.3 Å². The summed E-state index contributed by atoms with van der Waals surface area (Å²) in [6, 6.07) is 19.5. The van der Waals surface area contributed by atoms with E-state index in [1.165, 1.54) is 23.1 Å². The lowest BCUT2D eigenvalue weighted by Gasteiger charge is -2.31. The van der Waals surface area contributed by atoms with Crippen LogP contribution in [0.1, 0.15) is 23.6 Å². The number of amides is 3. The van der Waals surface area contributed by atoms with Crippen LogP contribution in [0, 0.1) is 5.82 Å². The molecule has 2 heterocycles. The number of carbonyl (C=O) groups is 2. The average Bonchev–Trinajstić information content (AvgIpc) is 3.45. The lowest BCUT2D eigenvalue weighted by atomic mass is 9.98. The maximum absolute atomic E-state index is 15.0. The van der Waals surface area contributed by atoms with Crippen molar-refractivity contribution in [1.82, 2.24) is 14.8 Å². The van der Waals surface area contributed by atoms with Crippen molar-refractivity contribution in [3.63, 3.8) is 0 Å². The van der Waals surface area contributed by atoms with Crippen LogP contribution in [0.15, 0.2) is 77.9 Å². The number of nitrogens with zero attached hydrogens (tertiary/aromatic N) is 4. The maximum atomic E-state index is 15.0. The summed E-state index contributed by atoms with van der Waals surface area (Å²) in [6.07, 6.45) is 0.275. The van der Waals surface area contributed by atoms with Gasteiger partial charge in [0, 0.05) is 48.7 Å². The molecule has 1 atom stereocenters. The van der Waals surface area contributed by atoms with Crippen LogP contribution in [0.3, 0.4) is 0 Å². The molecule has 42 heavy (non-hydrogen) atoms. The fourth-order valence-electron chi connectivity index (χ4n) is 5.10. The van der Waals surface area contributed by atoms with Crippen molar-refractivity contribution >= 4 is 34.9 Å². The number of urea groups is 1. The molecule has 11 heteroatoms. The molecule has 0 radical (unpaired) electrons. The number of benzene rings is 3. The Kier molecular flexibility index (Phi) is 9.68. The average molecular weight is 594 g/mol. The van der Waals surface area contributed by atoms with E-state index in [-0.39, 0.29) is 19.5 Å². The maximum Gasteiger partial charge on any atom is 0.322 e. The zero-order chi connectivity index (χ0) is 29.5. The van der Waals surface area contributed by atoms with E-state index in [9.17, 15) is 9.59 Å². The smallest absolute Gasteiger partial charge is 0.322 e. The molecule has 0 spiro atoms. The van der Waals surface area contributed by atoms with Gasteiger partial charge in [0.1, 0.15) is 18.1 Å². The molecular weight excluding hydrogens is 561 g/mol. The standard InChI is InChI=1S/C31H33ClFN5O4/c1-41-29-13-7-6-12-26(29)34-31(40)37(15-14-36-16-18-42-19-17-36)21-30(39)38-28(23-9-3-5-11-25(23)33)20-27(35-38)22-8-2-4-10-24(22)32/h2-13,28H,14-21H2,1H3,(H,34,40)/t28-/m0/s1.